The van der Waals surface area contributed by atoms with E-state index in [1.54, 1.807) is 0 Å². The topological polar surface area (TPSA) is 35.6 Å². The third-order valence-electron chi connectivity index (χ3n) is 12.0. The average molecular weight is 721 g/mol. The molecular formula is C52H40N4. The summed E-state index contributed by atoms with van der Waals surface area (Å²) in [4.78, 5) is 9.97. The van der Waals surface area contributed by atoms with Crippen LogP contribution in [0.2, 0.25) is 0 Å². The molecule has 56 heavy (non-hydrogen) atoms. The molecule has 0 radical (unpaired) electrons. The maximum Gasteiger partial charge on any atom is 0.235 e. The van der Waals surface area contributed by atoms with Gasteiger partial charge in [-0.15, -0.1) is 0 Å². The molecule has 0 bridgehead atoms. The Kier molecular flexibility index (Phi) is 7.87. The Morgan fingerprint density at radius 3 is 1.57 bits per heavy atom. The first-order chi connectivity index (χ1) is 27.8. The second kappa shape index (κ2) is 13.5. The molecule has 0 unspecified atom stereocenters. The molecule has 1 aliphatic carbocycles. The van der Waals surface area contributed by atoms with E-state index >= 15 is 0 Å². The average Bonchev–Trinajstić information content (AvgIpc) is 3.79. The van der Waals surface area contributed by atoms with Gasteiger partial charge >= 0.3 is 0 Å². The van der Waals surface area contributed by atoms with E-state index in [0.29, 0.717) is 11.9 Å². The van der Waals surface area contributed by atoms with Gasteiger partial charge in [-0.2, -0.15) is 0 Å². The highest BCUT2D eigenvalue weighted by molar-refractivity contribution is 6.11. The standard InChI is InChI=1S/C52H40N4/c1-3-11-35(12-4-1)36-23-25-39(26-24-36)47-31-32-53-52(54-47)56-49-18-10-8-16-44(49)46-34-41(28-30-51(46)56)38-21-19-37(20-22-38)40-27-29-50-45(33-40)43-15-7-9-17-48(43)55(50)42-13-5-2-6-14-42/h2,5-10,13-35H,1,3-4,11-12H2. The molecule has 3 heterocycles. The van der Waals surface area contributed by atoms with E-state index in [-0.39, 0.29) is 0 Å². The number of hydrogen-bond donors (Lipinski definition) is 0. The number of fused-ring (bicyclic) bond motifs is 6. The Balaban J connectivity index is 0.931. The van der Waals surface area contributed by atoms with Crippen molar-refractivity contribution in [2.24, 2.45) is 0 Å². The molecule has 0 saturated heterocycles. The molecule has 10 aromatic rings. The fraction of sp³-hybridized carbons (Fsp3) is 0.115. The zero-order valence-electron chi connectivity index (χ0n) is 31.1. The van der Waals surface area contributed by atoms with E-state index < -0.39 is 0 Å². The zero-order valence-corrected chi connectivity index (χ0v) is 31.1. The SMILES string of the molecule is c1ccc(-n2c3ccccc3c3cc(-c4ccc(-c5ccc6c(c5)c5ccccc5n6-c5nccc(-c6ccc(C7CCCCC7)cc6)n5)cc4)ccc32)cc1. The molecule has 0 spiro atoms. The Morgan fingerprint density at radius 2 is 0.929 bits per heavy atom. The van der Waals surface area contributed by atoms with Gasteiger partial charge in [-0.3, -0.25) is 4.57 Å². The summed E-state index contributed by atoms with van der Waals surface area (Å²) < 4.78 is 4.58. The van der Waals surface area contributed by atoms with Crippen LogP contribution in [0.3, 0.4) is 0 Å². The Labute approximate surface area is 326 Å². The summed E-state index contributed by atoms with van der Waals surface area (Å²) in [6.45, 7) is 0. The third kappa shape index (κ3) is 5.52. The van der Waals surface area contributed by atoms with Crippen molar-refractivity contribution in [1.82, 2.24) is 19.1 Å². The highest BCUT2D eigenvalue weighted by Gasteiger charge is 2.18. The maximum absolute atomic E-state index is 5.15. The van der Waals surface area contributed by atoms with E-state index in [2.05, 4.69) is 173 Å². The van der Waals surface area contributed by atoms with Crippen LogP contribution in [0.1, 0.15) is 43.6 Å². The number of para-hydroxylation sites is 3. The van der Waals surface area contributed by atoms with Crippen LogP contribution in [0.4, 0.5) is 0 Å². The van der Waals surface area contributed by atoms with Crippen molar-refractivity contribution in [1.29, 1.82) is 0 Å². The van der Waals surface area contributed by atoms with Gasteiger partial charge in [0.15, 0.2) is 0 Å². The molecule has 1 fully saturated rings. The maximum atomic E-state index is 5.15. The molecule has 1 saturated carbocycles. The summed E-state index contributed by atoms with van der Waals surface area (Å²) in [5.41, 5.74) is 14.1. The molecule has 268 valence electrons. The predicted molar refractivity (Wildman–Crippen MR) is 233 cm³/mol. The van der Waals surface area contributed by atoms with Gasteiger partial charge in [-0.1, -0.05) is 135 Å². The van der Waals surface area contributed by atoms with Crippen LogP contribution in [-0.4, -0.2) is 19.1 Å². The molecule has 11 rings (SSSR count). The number of rotatable bonds is 6. The number of hydrogen-bond acceptors (Lipinski definition) is 2. The lowest BCUT2D eigenvalue weighted by Crippen LogP contribution is -2.04. The fourth-order valence-corrected chi connectivity index (χ4v) is 9.21. The highest BCUT2D eigenvalue weighted by atomic mass is 15.2. The van der Waals surface area contributed by atoms with Gasteiger partial charge in [0.05, 0.1) is 27.8 Å². The summed E-state index contributed by atoms with van der Waals surface area (Å²) in [5, 5.41) is 4.90. The second-order valence-electron chi connectivity index (χ2n) is 15.3. The number of aromatic nitrogens is 4. The van der Waals surface area contributed by atoms with E-state index in [9.17, 15) is 0 Å². The molecule has 0 N–H and O–H groups in total. The highest BCUT2D eigenvalue weighted by Crippen LogP contribution is 2.38. The fourth-order valence-electron chi connectivity index (χ4n) is 9.21. The van der Waals surface area contributed by atoms with Crippen LogP contribution in [0.25, 0.3) is 88.8 Å². The summed E-state index contributed by atoms with van der Waals surface area (Å²) >= 11 is 0. The third-order valence-corrected chi connectivity index (χ3v) is 12.0. The Bertz CT molecular complexity index is 3040. The molecule has 3 aromatic heterocycles. The Hall–Kier alpha value is -6.78. The second-order valence-corrected chi connectivity index (χ2v) is 15.3. The van der Waals surface area contributed by atoms with Crippen LogP contribution in [0.15, 0.2) is 176 Å². The van der Waals surface area contributed by atoms with Crippen LogP contribution in [0.5, 0.6) is 0 Å². The van der Waals surface area contributed by atoms with Gasteiger partial charge in [0.2, 0.25) is 5.95 Å². The van der Waals surface area contributed by atoms with Crippen LogP contribution in [-0.2, 0) is 0 Å². The van der Waals surface area contributed by atoms with Gasteiger partial charge in [0, 0.05) is 39.0 Å². The summed E-state index contributed by atoms with van der Waals surface area (Å²) in [7, 11) is 0. The summed E-state index contributed by atoms with van der Waals surface area (Å²) in [6.07, 6.45) is 8.56. The quantitative estimate of drug-likeness (QED) is 0.171. The first-order valence-corrected chi connectivity index (χ1v) is 19.9. The van der Waals surface area contributed by atoms with Crippen molar-refractivity contribution in [3.8, 4) is 45.1 Å². The van der Waals surface area contributed by atoms with Gasteiger partial charge in [0.1, 0.15) is 0 Å². The minimum atomic E-state index is 0.686. The lowest BCUT2D eigenvalue weighted by Gasteiger charge is -2.22. The van der Waals surface area contributed by atoms with Gasteiger partial charge in [0.25, 0.3) is 0 Å². The minimum absolute atomic E-state index is 0.686. The molecule has 7 aromatic carbocycles. The Morgan fingerprint density at radius 1 is 0.411 bits per heavy atom. The smallest absolute Gasteiger partial charge is 0.235 e. The van der Waals surface area contributed by atoms with Crippen LogP contribution in [0, 0.1) is 0 Å². The van der Waals surface area contributed by atoms with E-state index in [4.69, 9.17) is 9.97 Å². The number of benzene rings is 7. The van der Waals surface area contributed by atoms with Crippen LogP contribution < -0.4 is 0 Å². The van der Waals surface area contributed by atoms with Crippen molar-refractivity contribution in [2.45, 2.75) is 38.0 Å². The van der Waals surface area contributed by atoms with E-state index in [0.717, 1.165) is 22.3 Å². The van der Waals surface area contributed by atoms with Gasteiger partial charge < -0.3 is 4.57 Å². The van der Waals surface area contributed by atoms with Crippen molar-refractivity contribution >= 4 is 43.6 Å². The molecular weight excluding hydrogens is 681 g/mol. The van der Waals surface area contributed by atoms with Crippen molar-refractivity contribution in [3.05, 3.63) is 182 Å². The predicted octanol–water partition coefficient (Wildman–Crippen LogP) is 13.7. The molecule has 1 aliphatic rings. The van der Waals surface area contributed by atoms with Gasteiger partial charge in [-0.25, -0.2) is 9.97 Å². The normalized spacial score (nSPS) is 13.6. The molecule has 0 atom stereocenters. The first kappa shape index (κ1) is 32.6. The minimum Gasteiger partial charge on any atom is -0.309 e. The zero-order chi connectivity index (χ0) is 37.0. The monoisotopic (exact) mass is 720 g/mol. The lowest BCUT2D eigenvalue weighted by atomic mass is 9.84. The van der Waals surface area contributed by atoms with Crippen molar-refractivity contribution in [2.75, 3.05) is 0 Å². The van der Waals surface area contributed by atoms with Gasteiger partial charge in [-0.05, 0) is 101 Å². The van der Waals surface area contributed by atoms with Crippen molar-refractivity contribution < 1.29 is 0 Å². The summed E-state index contributed by atoms with van der Waals surface area (Å²) in [5.74, 6) is 1.38. The molecule has 4 heteroatoms. The lowest BCUT2D eigenvalue weighted by molar-refractivity contribution is 0.443. The van der Waals surface area contributed by atoms with Crippen molar-refractivity contribution in [3.63, 3.8) is 0 Å². The van der Waals surface area contributed by atoms with Crippen LogP contribution >= 0.6 is 0 Å². The van der Waals surface area contributed by atoms with E-state index in [1.165, 1.54) is 98.2 Å². The number of nitrogens with zero attached hydrogens (tertiary/aromatic N) is 4. The molecule has 4 nitrogen and oxygen atoms in total. The molecule has 0 aliphatic heterocycles. The summed E-state index contributed by atoms with van der Waals surface area (Å²) in [6, 6.07) is 61.7. The molecule has 0 amide bonds. The first-order valence-electron chi connectivity index (χ1n) is 19.9. The largest absolute Gasteiger partial charge is 0.309 e. The van der Waals surface area contributed by atoms with E-state index in [1.807, 2.05) is 12.3 Å².